The van der Waals surface area contributed by atoms with E-state index in [0.717, 1.165) is 49.9 Å². The Hall–Kier alpha value is -1.89. The number of hydrogen-bond donors (Lipinski definition) is 3. The van der Waals surface area contributed by atoms with Crippen molar-refractivity contribution >= 4 is 29.1 Å². The molecule has 6 rings (SSSR count). The second kappa shape index (κ2) is 8.57. The van der Waals surface area contributed by atoms with E-state index in [1.165, 1.54) is 60.3 Å². The summed E-state index contributed by atoms with van der Waals surface area (Å²) in [6.45, 7) is 0.315. The Kier molecular flexibility index (Phi) is 5.80. The number of rotatable bonds is 5. The van der Waals surface area contributed by atoms with Gasteiger partial charge in [-0.15, -0.1) is 11.3 Å². The number of carbonyl (C=O) groups excluding carboxylic acids is 3. The number of hydrogen-bond acceptors (Lipinski definition) is 4. The van der Waals surface area contributed by atoms with Gasteiger partial charge >= 0.3 is 0 Å². The molecule has 1 heterocycles. The van der Waals surface area contributed by atoms with E-state index in [2.05, 4.69) is 16.2 Å². The zero-order valence-corrected chi connectivity index (χ0v) is 19.0. The summed E-state index contributed by atoms with van der Waals surface area (Å²) in [5.74, 6) is 1.78. The maximum atomic E-state index is 12.9. The third-order valence-electron chi connectivity index (χ3n) is 7.94. The Balaban J connectivity index is 1.06. The molecule has 1 aromatic heterocycles. The Morgan fingerprint density at radius 3 is 2.32 bits per heavy atom. The fraction of sp³-hybridized carbons (Fsp3) is 0.708. The van der Waals surface area contributed by atoms with E-state index >= 15 is 0 Å². The molecule has 0 aliphatic heterocycles. The van der Waals surface area contributed by atoms with E-state index in [9.17, 15) is 14.4 Å². The average molecular weight is 444 g/mol. The Bertz CT molecular complexity index is 819. The number of nitrogens with one attached hydrogen (secondary N) is 3. The van der Waals surface area contributed by atoms with Crippen molar-refractivity contribution in [1.29, 1.82) is 0 Å². The average Bonchev–Trinajstić information content (AvgIpc) is 3.01. The van der Waals surface area contributed by atoms with Gasteiger partial charge in [0.25, 0.3) is 5.91 Å². The van der Waals surface area contributed by atoms with Crippen LogP contribution in [0.5, 0.6) is 0 Å². The van der Waals surface area contributed by atoms with Crippen LogP contribution in [0.15, 0.2) is 6.07 Å². The molecule has 168 valence electrons. The molecule has 3 N–H and O–H groups in total. The van der Waals surface area contributed by atoms with Crippen LogP contribution in [-0.4, -0.2) is 24.3 Å². The molecule has 4 bridgehead atoms. The highest BCUT2D eigenvalue weighted by Crippen LogP contribution is 2.60. The minimum Gasteiger partial charge on any atom is -0.355 e. The molecule has 3 amide bonds. The molecule has 0 aromatic carbocycles. The van der Waals surface area contributed by atoms with Crippen LogP contribution in [0.3, 0.4) is 0 Å². The first-order valence-electron chi connectivity index (χ1n) is 12.0. The normalized spacial score (nSPS) is 30.9. The van der Waals surface area contributed by atoms with Crippen molar-refractivity contribution in [2.45, 2.75) is 77.0 Å². The molecule has 0 radical (unpaired) electrons. The minimum atomic E-state index is -0.280. The summed E-state index contributed by atoms with van der Waals surface area (Å²) >= 11 is 1.54. The van der Waals surface area contributed by atoms with Crippen LogP contribution in [0.25, 0.3) is 0 Å². The zero-order valence-electron chi connectivity index (χ0n) is 18.1. The Morgan fingerprint density at radius 1 is 0.935 bits per heavy atom. The summed E-state index contributed by atoms with van der Waals surface area (Å²) in [6.07, 6.45) is 12.9. The summed E-state index contributed by atoms with van der Waals surface area (Å²) < 4.78 is 0. The molecule has 1 aromatic rings. The molecule has 5 aliphatic carbocycles. The quantitative estimate of drug-likeness (QED) is 0.481. The van der Waals surface area contributed by atoms with Crippen molar-refractivity contribution in [1.82, 2.24) is 16.2 Å². The number of hydrazine groups is 1. The van der Waals surface area contributed by atoms with Gasteiger partial charge in [0.2, 0.25) is 11.8 Å². The second-order valence-electron chi connectivity index (χ2n) is 10.3. The monoisotopic (exact) mass is 443 g/mol. The molecule has 5 aliphatic rings. The van der Waals surface area contributed by atoms with Gasteiger partial charge in [-0.3, -0.25) is 25.2 Å². The van der Waals surface area contributed by atoms with E-state index in [4.69, 9.17) is 0 Å². The highest BCUT2D eigenvalue weighted by atomic mass is 32.1. The maximum absolute atomic E-state index is 12.9. The first-order chi connectivity index (χ1) is 15.0. The van der Waals surface area contributed by atoms with E-state index in [1.54, 1.807) is 0 Å². The van der Waals surface area contributed by atoms with Gasteiger partial charge in [-0.05, 0) is 93.6 Å². The molecular formula is C24H33N3O3S. The molecule has 0 saturated heterocycles. The van der Waals surface area contributed by atoms with Crippen molar-refractivity contribution in [2.75, 3.05) is 6.54 Å². The van der Waals surface area contributed by atoms with Gasteiger partial charge in [-0.25, -0.2) is 0 Å². The molecule has 6 nitrogen and oxygen atoms in total. The fourth-order valence-electron chi connectivity index (χ4n) is 6.90. The molecule has 4 saturated carbocycles. The van der Waals surface area contributed by atoms with E-state index in [1.807, 2.05) is 6.07 Å². The number of thiophene rings is 1. The highest BCUT2D eigenvalue weighted by Gasteiger charge is 2.54. The first kappa shape index (κ1) is 21.0. The number of carbonyl (C=O) groups is 3. The van der Waals surface area contributed by atoms with Gasteiger partial charge in [0.15, 0.2) is 0 Å². The van der Waals surface area contributed by atoms with Crippen LogP contribution in [0.2, 0.25) is 0 Å². The fourth-order valence-corrected chi connectivity index (χ4v) is 8.04. The SMILES string of the molecule is O=C(CCNC(=O)C12CC3CC(CC(C3)C1)C2)NNC(=O)c1cc2c(s1)CCCCC2. The smallest absolute Gasteiger partial charge is 0.279 e. The standard InChI is InChI=1S/C24H33N3O3S/c28-21(26-27-22(29)20-11-18-4-2-1-3-5-19(18)31-20)6-7-25-23(30)24-12-15-8-16(13-24)10-17(9-15)14-24/h11,15-17H,1-10,12-14H2,(H,25,30)(H,26,28)(H,27,29). The Labute approximate surface area is 187 Å². The van der Waals surface area contributed by atoms with Crippen LogP contribution < -0.4 is 16.2 Å². The van der Waals surface area contributed by atoms with E-state index in [0.29, 0.717) is 11.4 Å². The lowest BCUT2D eigenvalue weighted by Gasteiger charge is -2.55. The lowest BCUT2D eigenvalue weighted by atomic mass is 9.49. The third kappa shape index (κ3) is 4.38. The summed E-state index contributed by atoms with van der Waals surface area (Å²) in [5.41, 5.74) is 6.13. The van der Waals surface area contributed by atoms with Gasteiger partial charge in [0, 0.05) is 23.3 Å². The molecule has 4 fully saturated rings. The number of aryl methyl sites for hydroxylation is 2. The van der Waals surface area contributed by atoms with Gasteiger partial charge in [0.05, 0.1) is 4.88 Å². The lowest BCUT2D eigenvalue weighted by molar-refractivity contribution is -0.146. The zero-order chi connectivity index (χ0) is 21.4. The van der Waals surface area contributed by atoms with Gasteiger partial charge < -0.3 is 5.32 Å². The molecule has 0 unspecified atom stereocenters. The predicted molar refractivity (Wildman–Crippen MR) is 119 cm³/mol. The maximum Gasteiger partial charge on any atom is 0.279 e. The van der Waals surface area contributed by atoms with E-state index < -0.39 is 0 Å². The number of amides is 3. The largest absolute Gasteiger partial charge is 0.355 e. The van der Waals surface area contributed by atoms with Crippen LogP contribution in [0.1, 0.15) is 84.3 Å². The molecule has 0 spiro atoms. The van der Waals surface area contributed by atoms with Crippen molar-refractivity contribution in [3.05, 3.63) is 21.4 Å². The van der Waals surface area contributed by atoms with Gasteiger partial charge in [-0.2, -0.15) is 0 Å². The van der Waals surface area contributed by atoms with Gasteiger partial charge in [0.1, 0.15) is 0 Å². The highest BCUT2D eigenvalue weighted by molar-refractivity contribution is 7.14. The second-order valence-corrected chi connectivity index (χ2v) is 11.5. The molecule has 31 heavy (non-hydrogen) atoms. The number of fused-ring (bicyclic) bond motifs is 1. The summed E-state index contributed by atoms with van der Waals surface area (Å²) in [6, 6.07) is 1.97. The third-order valence-corrected chi connectivity index (χ3v) is 9.18. The van der Waals surface area contributed by atoms with Crippen molar-refractivity contribution in [3.8, 4) is 0 Å². The minimum absolute atomic E-state index is 0.142. The van der Waals surface area contributed by atoms with Crippen molar-refractivity contribution in [2.24, 2.45) is 23.2 Å². The first-order valence-corrected chi connectivity index (χ1v) is 12.8. The molecular weight excluding hydrogens is 410 g/mol. The summed E-state index contributed by atoms with van der Waals surface area (Å²) in [7, 11) is 0. The van der Waals surface area contributed by atoms with Crippen LogP contribution in [-0.2, 0) is 22.4 Å². The summed E-state index contributed by atoms with van der Waals surface area (Å²) in [4.78, 5) is 39.5. The Morgan fingerprint density at radius 2 is 1.61 bits per heavy atom. The van der Waals surface area contributed by atoms with Crippen molar-refractivity contribution < 1.29 is 14.4 Å². The van der Waals surface area contributed by atoms with Crippen LogP contribution in [0, 0.1) is 23.2 Å². The summed E-state index contributed by atoms with van der Waals surface area (Å²) in [5, 5.41) is 3.02. The molecule has 0 atom stereocenters. The van der Waals surface area contributed by atoms with Crippen LogP contribution in [0.4, 0.5) is 0 Å². The van der Waals surface area contributed by atoms with Crippen molar-refractivity contribution in [3.63, 3.8) is 0 Å². The molecule has 7 heteroatoms. The van der Waals surface area contributed by atoms with E-state index in [-0.39, 0.29) is 29.6 Å². The van der Waals surface area contributed by atoms with Gasteiger partial charge in [-0.1, -0.05) is 6.42 Å². The lowest BCUT2D eigenvalue weighted by Crippen LogP contribution is -2.54. The predicted octanol–water partition coefficient (Wildman–Crippen LogP) is 3.50. The topological polar surface area (TPSA) is 87.3 Å². The van der Waals surface area contributed by atoms with Crippen LogP contribution >= 0.6 is 11.3 Å².